The number of anilines is 1. The van der Waals surface area contributed by atoms with Gasteiger partial charge in [0.2, 0.25) is 5.91 Å². The van der Waals surface area contributed by atoms with Gasteiger partial charge in [-0.05, 0) is 30.7 Å². The Morgan fingerprint density at radius 1 is 1.15 bits per heavy atom. The highest BCUT2D eigenvalue weighted by Crippen LogP contribution is 2.27. The van der Waals surface area contributed by atoms with Gasteiger partial charge in [0.15, 0.2) is 0 Å². The first-order valence-electron chi connectivity index (χ1n) is 11.3. The van der Waals surface area contributed by atoms with E-state index in [1.807, 2.05) is 53.4 Å². The molecule has 2 bridgehead atoms. The van der Waals surface area contributed by atoms with Crippen LogP contribution in [0.25, 0.3) is 11.0 Å². The highest BCUT2D eigenvalue weighted by atomic mass is 16.5. The second kappa shape index (κ2) is 9.15. The zero-order valence-corrected chi connectivity index (χ0v) is 18.6. The number of fused-ring (bicyclic) bond motifs is 3. The summed E-state index contributed by atoms with van der Waals surface area (Å²) in [7, 11) is 1.61. The maximum atomic E-state index is 12.9. The molecule has 2 aliphatic rings. The van der Waals surface area contributed by atoms with Gasteiger partial charge in [-0.15, -0.1) is 0 Å². The number of carbonyl (C=O) groups is 2. The van der Waals surface area contributed by atoms with E-state index < -0.39 is 0 Å². The first kappa shape index (κ1) is 21.3. The molecule has 1 aromatic heterocycles. The van der Waals surface area contributed by atoms with Crippen LogP contribution in [0.3, 0.4) is 0 Å². The van der Waals surface area contributed by atoms with Crippen LogP contribution in [0.5, 0.6) is 5.75 Å². The van der Waals surface area contributed by atoms with Crippen LogP contribution in [0.15, 0.2) is 59.2 Å². The third kappa shape index (κ3) is 4.52. The third-order valence-electron chi connectivity index (χ3n) is 6.59. The lowest BCUT2D eigenvalue weighted by Gasteiger charge is -2.40. The van der Waals surface area contributed by atoms with Crippen molar-refractivity contribution in [3.05, 3.63) is 60.4 Å². The number of carbonyl (C=O) groups excluding carboxylic acids is 2. The van der Waals surface area contributed by atoms with Gasteiger partial charge in [-0.3, -0.25) is 9.69 Å². The average Bonchev–Trinajstić information content (AvgIpc) is 3.43. The maximum Gasteiger partial charge on any atom is 0.322 e. The molecule has 8 heteroatoms. The van der Waals surface area contributed by atoms with Crippen LogP contribution in [0.4, 0.5) is 10.5 Å². The molecule has 2 aliphatic heterocycles. The number of amides is 3. The number of para-hydroxylation sites is 1. The van der Waals surface area contributed by atoms with Crippen molar-refractivity contribution in [1.82, 2.24) is 15.1 Å². The molecular weight excluding hydrogens is 420 g/mol. The van der Waals surface area contributed by atoms with Crippen LogP contribution in [0.2, 0.25) is 0 Å². The molecule has 0 spiro atoms. The molecule has 3 amide bonds. The third-order valence-corrected chi connectivity index (χ3v) is 6.59. The van der Waals surface area contributed by atoms with Crippen LogP contribution in [0, 0.1) is 0 Å². The number of methoxy groups -OCH3 is 1. The predicted octanol–water partition coefficient (Wildman–Crippen LogP) is 3.09. The van der Waals surface area contributed by atoms with E-state index in [0.29, 0.717) is 18.7 Å². The summed E-state index contributed by atoms with van der Waals surface area (Å²) < 4.78 is 10.8. The minimum Gasteiger partial charge on any atom is -0.497 e. The monoisotopic (exact) mass is 448 g/mol. The molecule has 0 saturated carbocycles. The first-order chi connectivity index (χ1) is 16.1. The molecule has 0 radical (unpaired) electrons. The van der Waals surface area contributed by atoms with Gasteiger partial charge in [0.1, 0.15) is 11.3 Å². The van der Waals surface area contributed by atoms with Crippen LogP contribution in [-0.4, -0.2) is 67.1 Å². The van der Waals surface area contributed by atoms with Crippen LogP contribution >= 0.6 is 0 Å². The summed E-state index contributed by atoms with van der Waals surface area (Å²) >= 11 is 0. The fourth-order valence-corrected chi connectivity index (χ4v) is 4.80. The van der Waals surface area contributed by atoms with Crippen molar-refractivity contribution >= 4 is 28.6 Å². The molecule has 2 fully saturated rings. The maximum absolute atomic E-state index is 12.9. The smallest absolute Gasteiger partial charge is 0.322 e. The molecule has 2 saturated heterocycles. The number of ether oxygens (including phenoxy) is 1. The van der Waals surface area contributed by atoms with Crippen molar-refractivity contribution in [2.75, 3.05) is 38.6 Å². The summed E-state index contributed by atoms with van der Waals surface area (Å²) in [5.41, 5.74) is 2.34. The second-order valence-corrected chi connectivity index (χ2v) is 8.64. The van der Waals surface area contributed by atoms with Gasteiger partial charge in [-0.2, -0.15) is 0 Å². The van der Waals surface area contributed by atoms with Crippen molar-refractivity contribution in [3.8, 4) is 5.75 Å². The summed E-state index contributed by atoms with van der Waals surface area (Å²) in [6, 6.07) is 15.3. The van der Waals surface area contributed by atoms with E-state index >= 15 is 0 Å². The molecule has 33 heavy (non-hydrogen) atoms. The summed E-state index contributed by atoms with van der Waals surface area (Å²) in [6.45, 7) is 2.88. The number of urea groups is 1. The Balaban J connectivity index is 1.19. The quantitative estimate of drug-likeness (QED) is 0.605. The SMILES string of the molecule is COc1ccc2c(CC(=O)NC[C@@H]3CN(C(=O)Nc4ccccc4)[C@H]4CCN3C4)coc2c1. The summed E-state index contributed by atoms with van der Waals surface area (Å²) in [6.07, 6.45) is 2.83. The Bertz CT molecular complexity index is 1150. The van der Waals surface area contributed by atoms with Gasteiger partial charge < -0.3 is 24.7 Å². The van der Waals surface area contributed by atoms with E-state index in [-0.39, 0.29) is 30.4 Å². The highest BCUT2D eigenvalue weighted by Gasteiger charge is 2.40. The number of hydrogen-bond donors (Lipinski definition) is 2. The molecule has 0 aliphatic carbocycles. The van der Waals surface area contributed by atoms with Crippen LogP contribution in [-0.2, 0) is 11.2 Å². The largest absolute Gasteiger partial charge is 0.497 e. The number of rotatable bonds is 6. The average molecular weight is 449 g/mol. The fourth-order valence-electron chi connectivity index (χ4n) is 4.80. The van der Waals surface area contributed by atoms with Crippen molar-refractivity contribution in [2.45, 2.75) is 24.9 Å². The summed E-state index contributed by atoms with van der Waals surface area (Å²) in [5.74, 6) is 0.657. The van der Waals surface area contributed by atoms with Crippen molar-refractivity contribution in [3.63, 3.8) is 0 Å². The number of hydrogen-bond acceptors (Lipinski definition) is 5. The lowest BCUT2D eigenvalue weighted by molar-refractivity contribution is -0.120. The molecule has 8 nitrogen and oxygen atoms in total. The summed E-state index contributed by atoms with van der Waals surface area (Å²) in [5, 5.41) is 6.97. The molecular formula is C25H28N4O4. The molecule has 172 valence electrons. The van der Waals surface area contributed by atoms with Crippen LogP contribution in [0.1, 0.15) is 12.0 Å². The molecule has 2 aromatic carbocycles. The normalized spacial score (nSPS) is 21.7. The van der Waals surface area contributed by atoms with E-state index in [1.54, 1.807) is 13.4 Å². The van der Waals surface area contributed by atoms with E-state index in [4.69, 9.17) is 9.15 Å². The van der Waals surface area contributed by atoms with Crippen LogP contribution < -0.4 is 15.4 Å². The predicted molar refractivity (Wildman–Crippen MR) is 125 cm³/mol. The second-order valence-electron chi connectivity index (χ2n) is 8.64. The lowest BCUT2D eigenvalue weighted by Crippen LogP contribution is -2.58. The van der Waals surface area contributed by atoms with Gasteiger partial charge in [0.05, 0.1) is 19.8 Å². The fraction of sp³-hybridized carbons (Fsp3) is 0.360. The van der Waals surface area contributed by atoms with Gasteiger partial charge in [0.25, 0.3) is 0 Å². The minimum absolute atomic E-state index is 0.0601. The summed E-state index contributed by atoms with van der Waals surface area (Å²) in [4.78, 5) is 29.9. The van der Waals surface area contributed by atoms with Gasteiger partial charge in [-0.1, -0.05) is 18.2 Å². The Morgan fingerprint density at radius 3 is 2.82 bits per heavy atom. The zero-order valence-electron chi connectivity index (χ0n) is 18.6. The Hall–Kier alpha value is -3.52. The van der Waals surface area contributed by atoms with E-state index in [0.717, 1.165) is 41.9 Å². The van der Waals surface area contributed by atoms with E-state index in [1.165, 1.54) is 0 Å². The zero-order chi connectivity index (χ0) is 22.8. The topological polar surface area (TPSA) is 87.0 Å². The van der Waals surface area contributed by atoms with Gasteiger partial charge in [-0.25, -0.2) is 4.79 Å². The lowest BCUT2D eigenvalue weighted by atomic mass is 10.1. The number of nitrogens with one attached hydrogen (secondary N) is 2. The number of benzene rings is 2. The molecule has 2 N–H and O–H groups in total. The molecule has 1 unspecified atom stereocenters. The van der Waals surface area contributed by atoms with Crippen molar-refractivity contribution in [2.24, 2.45) is 0 Å². The van der Waals surface area contributed by atoms with Crippen molar-refractivity contribution < 1.29 is 18.7 Å². The molecule has 3 atom stereocenters. The minimum atomic E-state index is -0.0793. The standard InChI is InChI=1S/C25H28N4O4/c1-32-21-7-8-22-17(16-33-23(22)12-21)11-24(30)26-13-20-15-29(19-9-10-28(20)14-19)25(31)27-18-5-3-2-4-6-18/h2-8,12,16,19-20H,9-11,13-15H2,1H3,(H,26,30)(H,27,31)/t19-,20+/m0/s1. The Labute approximate surface area is 192 Å². The van der Waals surface area contributed by atoms with E-state index in [9.17, 15) is 9.59 Å². The number of piperazine rings is 1. The molecule has 3 aromatic rings. The molecule has 3 heterocycles. The number of nitrogens with zero attached hydrogens (tertiary/aromatic N) is 2. The Morgan fingerprint density at radius 2 is 2.00 bits per heavy atom. The van der Waals surface area contributed by atoms with Gasteiger partial charge >= 0.3 is 6.03 Å². The first-order valence-corrected chi connectivity index (χ1v) is 11.3. The Kier molecular flexibility index (Phi) is 5.92. The van der Waals surface area contributed by atoms with Gasteiger partial charge in [0, 0.05) is 61.0 Å². The molecule has 5 rings (SSSR count). The number of furan rings is 1. The van der Waals surface area contributed by atoms with Crippen molar-refractivity contribution in [1.29, 1.82) is 0 Å². The van der Waals surface area contributed by atoms with E-state index in [2.05, 4.69) is 15.5 Å². The highest BCUT2D eigenvalue weighted by molar-refractivity contribution is 5.90.